The number of likely N-dealkylation sites (tertiary alicyclic amines) is 1. The molecular formula is C34H30ClN3O5. The third kappa shape index (κ3) is 4.29. The van der Waals surface area contributed by atoms with E-state index < -0.39 is 34.8 Å². The summed E-state index contributed by atoms with van der Waals surface area (Å²) >= 11 is 6.49. The lowest BCUT2D eigenvalue weighted by atomic mass is 9.80. The maximum Gasteiger partial charge on any atom is 0.264 e. The van der Waals surface area contributed by atoms with Crippen molar-refractivity contribution in [2.75, 3.05) is 6.54 Å². The van der Waals surface area contributed by atoms with Crippen LogP contribution in [0.1, 0.15) is 51.0 Å². The van der Waals surface area contributed by atoms with Gasteiger partial charge in [0.25, 0.3) is 11.8 Å². The summed E-state index contributed by atoms with van der Waals surface area (Å²) in [5, 5.41) is 24.0. The molecule has 1 aliphatic heterocycles. The Morgan fingerprint density at radius 1 is 0.930 bits per heavy atom. The molecule has 0 aromatic heterocycles. The number of aliphatic hydroxyl groups is 2. The van der Waals surface area contributed by atoms with Crippen molar-refractivity contribution in [1.82, 2.24) is 4.90 Å². The minimum atomic E-state index is -2.33. The maximum absolute atomic E-state index is 14.3. The number of Topliss-reactive ketones (excluding diaryl/α,β-unsaturated/α-hetero) is 1. The van der Waals surface area contributed by atoms with E-state index in [-0.39, 0.29) is 40.4 Å². The average molecular weight is 596 g/mol. The van der Waals surface area contributed by atoms with Crippen molar-refractivity contribution < 1.29 is 24.6 Å². The Morgan fingerprint density at radius 3 is 2.09 bits per heavy atom. The minimum absolute atomic E-state index is 0.00213. The molecule has 0 bridgehead atoms. The fraction of sp³-hybridized carbons (Fsp3) is 0.206. The third-order valence-corrected chi connectivity index (χ3v) is 8.89. The molecule has 9 heteroatoms. The number of fused-ring (bicyclic) bond motifs is 3. The molecule has 1 unspecified atom stereocenters. The Kier molecular flexibility index (Phi) is 7.18. The summed E-state index contributed by atoms with van der Waals surface area (Å²) in [6.07, 6.45) is 0.872. The first-order valence-electron chi connectivity index (χ1n) is 14.0. The van der Waals surface area contributed by atoms with Crippen LogP contribution in [0.15, 0.2) is 91.0 Å². The first-order chi connectivity index (χ1) is 20.6. The van der Waals surface area contributed by atoms with Gasteiger partial charge in [0.05, 0.1) is 6.04 Å². The Hall–Kier alpha value is -4.34. The van der Waals surface area contributed by atoms with Gasteiger partial charge in [0.1, 0.15) is 0 Å². The molecule has 2 aliphatic rings. The molecular weight excluding hydrogens is 566 g/mol. The van der Waals surface area contributed by atoms with E-state index >= 15 is 0 Å². The summed E-state index contributed by atoms with van der Waals surface area (Å²) in [6, 6.07) is 24.4. The second-order valence-electron chi connectivity index (χ2n) is 10.9. The van der Waals surface area contributed by atoms with E-state index in [1.807, 2.05) is 24.3 Å². The molecule has 1 fully saturated rings. The zero-order chi connectivity index (χ0) is 30.5. The average Bonchev–Trinajstić information content (AvgIpc) is 3.62. The number of amides is 2. The van der Waals surface area contributed by atoms with E-state index in [2.05, 4.69) is 0 Å². The Bertz CT molecular complexity index is 1730. The van der Waals surface area contributed by atoms with E-state index in [0.717, 1.165) is 11.1 Å². The molecule has 218 valence electrons. The highest BCUT2D eigenvalue weighted by molar-refractivity contribution is 6.31. The van der Waals surface area contributed by atoms with Crippen molar-refractivity contribution in [2.45, 2.75) is 36.6 Å². The van der Waals surface area contributed by atoms with Gasteiger partial charge in [-0.1, -0.05) is 90.5 Å². The molecule has 2 atom stereocenters. The number of rotatable bonds is 7. The Morgan fingerprint density at radius 2 is 1.51 bits per heavy atom. The van der Waals surface area contributed by atoms with Crippen LogP contribution in [0.4, 0.5) is 0 Å². The molecule has 1 saturated heterocycles. The molecule has 2 amide bonds. The summed E-state index contributed by atoms with van der Waals surface area (Å²) in [5.41, 5.74) is 10.5. The largest absolute Gasteiger partial charge is 0.372 e. The quantitative estimate of drug-likeness (QED) is 0.240. The first kappa shape index (κ1) is 28.8. The molecule has 0 saturated carbocycles. The van der Waals surface area contributed by atoms with Gasteiger partial charge in [-0.3, -0.25) is 14.4 Å². The van der Waals surface area contributed by atoms with E-state index in [9.17, 15) is 24.6 Å². The SMILES string of the molecule is NCc1c(C(=O)[C@@H]2CCCN2C(=O)C2(O)c3ccccc3-c3ccccc32)cc(Cl)cc1C(O)(C(N)=O)c1ccccc1. The number of nitrogens with two attached hydrogens (primary N) is 2. The number of benzene rings is 4. The van der Waals surface area contributed by atoms with Crippen molar-refractivity contribution in [2.24, 2.45) is 11.5 Å². The summed E-state index contributed by atoms with van der Waals surface area (Å²) in [6.45, 7) is 0.0316. The molecule has 43 heavy (non-hydrogen) atoms. The van der Waals surface area contributed by atoms with Crippen LogP contribution in [0.2, 0.25) is 5.02 Å². The summed E-state index contributed by atoms with van der Waals surface area (Å²) in [7, 11) is 0. The molecule has 0 radical (unpaired) electrons. The van der Waals surface area contributed by atoms with Crippen LogP contribution < -0.4 is 11.5 Å². The minimum Gasteiger partial charge on any atom is -0.372 e. The van der Waals surface area contributed by atoms with Gasteiger partial charge in [0, 0.05) is 40.4 Å². The van der Waals surface area contributed by atoms with Crippen molar-refractivity contribution in [3.63, 3.8) is 0 Å². The predicted molar refractivity (Wildman–Crippen MR) is 162 cm³/mol. The number of ketones is 1. The number of primary amides is 1. The van der Waals surface area contributed by atoms with Crippen molar-refractivity contribution >= 4 is 29.2 Å². The second kappa shape index (κ2) is 10.7. The van der Waals surface area contributed by atoms with Crippen LogP contribution in [0, 0.1) is 0 Å². The van der Waals surface area contributed by atoms with Gasteiger partial charge in [0.15, 0.2) is 17.0 Å². The lowest BCUT2D eigenvalue weighted by molar-refractivity contribution is -0.148. The summed E-state index contributed by atoms with van der Waals surface area (Å²) in [4.78, 5) is 42.8. The van der Waals surface area contributed by atoms with Gasteiger partial charge in [0.2, 0.25) is 0 Å². The highest BCUT2D eigenvalue weighted by Crippen LogP contribution is 2.49. The monoisotopic (exact) mass is 595 g/mol. The highest BCUT2D eigenvalue weighted by atomic mass is 35.5. The Balaban J connectivity index is 1.44. The summed E-state index contributed by atoms with van der Waals surface area (Å²) < 4.78 is 0. The van der Waals surface area contributed by atoms with Gasteiger partial charge in [-0.2, -0.15) is 0 Å². The zero-order valence-electron chi connectivity index (χ0n) is 23.2. The number of nitrogens with zero attached hydrogens (tertiary/aromatic N) is 1. The van der Waals surface area contributed by atoms with E-state index in [1.165, 1.54) is 17.0 Å². The normalized spacial score (nSPS) is 18.0. The molecule has 6 N–H and O–H groups in total. The molecule has 4 aromatic rings. The number of carbonyl (C=O) groups excluding carboxylic acids is 3. The molecule has 6 rings (SSSR count). The van der Waals surface area contributed by atoms with Gasteiger partial charge in [-0.05, 0) is 47.2 Å². The van der Waals surface area contributed by atoms with Crippen LogP contribution >= 0.6 is 11.6 Å². The first-order valence-corrected chi connectivity index (χ1v) is 14.4. The highest BCUT2D eigenvalue weighted by Gasteiger charge is 2.52. The maximum atomic E-state index is 14.3. The zero-order valence-corrected chi connectivity index (χ0v) is 23.9. The fourth-order valence-electron chi connectivity index (χ4n) is 6.62. The molecule has 1 heterocycles. The molecule has 4 aromatic carbocycles. The summed E-state index contributed by atoms with van der Waals surface area (Å²) in [5.74, 6) is -2.12. The van der Waals surface area contributed by atoms with Crippen LogP contribution in [0.5, 0.6) is 0 Å². The van der Waals surface area contributed by atoms with Crippen LogP contribution in [0.3, 0.4) is 0 Å². The van der Waals surface area contributed by atoms with Crippen molar-refractivity contribution in [1.29, 1.82) is 0 Å². The lowest BCUT2D eigenvalue weighted by Crippen LogP contribution is -2.51. The lowest BCUT2D eigenvalue weighted by Gasteiger charge is -2.33. The van der Waals surface area contributed by atoms with E-state index in [1.54, 1.807) is 54.6 Å². The van der Waals surface area contributed by atoms with Gasteiger partial charge in [-0.25, -0.2) is 0 Å². The molecule has 0 spiro atoms. The second-order valence-corrected chi connectivity index (χ2v) is 11.4. The molecule has 1 aliphatic carbocycles. The van der Waals surface area contributed by atoms with Crippen LogP contribution in [0.25, 0.3) is 11.1 Å². The van der Waals surface area contributed by atoms with Crippen LogP contribution in [-0.4, -0.2) is 45.3 Å². The topological polar surface area (TPSA) is 147 Å². The Labute approximate surface area is 253 Å². The predicted octanol–water partition coefficient (Wildman–Crippen LogP) is 3.61. The van der Waals surface area contributed by atoms with Gasteiger partial charge >= 0.3 is 0 Å². The van der Waals surface area contributed by atoms with Crippen molar-refractivity contribution in [3.8, 4) is 11.1 Å². The smallest absolute Gasteiger partial charge is 0.264 e. The van der Waals surface area contributed by atoms with Crippen LogP contribution in [-0.2, 0) is 27.3 Å². The van der Waals surface area contributed by atoms with Gasteiger partial charge in [-0.15, -0.1) is 0 Å². The molecule has 8 nitrogen and oxygen atoms in total. The van der Waals surface area contributed by atoms with E-state index in [0.29, 0.717) is 24.0 Å². The standard InChI is InChI=1S/C34H30ClN3O5/c35-21-17-24(25(19-36)28(18-21)33(42,31(37)40)20-9-2-1-3-10-20)30(39)29-15-8-16-38(29)32(41)34(43)26-13-6-4-11-22(26)23-12-5-7-14-27(23)34/h1-7,9-14,17-18,29,42-43H,8,15-16,19,36H2,(H2,37,40)/t29-,33?/m0/s1. The number of carbonyl (C=O) groups is 3. The number of hydrogen-bond donors (Lipinski definition) is 4. The number of halogens is 1. The third-order valence-electron chi connectivity index (χ3n) is 8.67. The fourth-order valence-corrected chi connectivity index (χ4v) is 6.84. The van der Waals surface area contributed by atoms with Gasteiger partial charge < -0.3 is 26.6 Å². The van der Waals surface area contributed by atoms with E-state index in [4.69, 9.17) is 23.1 Å². The van der Waals surface area contributed by atoms with Crippen molar-refractivity contribution in [3.05, 3.63) is 129 Å². The number of hydrogen-bond acceptors (Lipinski definition) is 6.